The molecule has 160 valence electrons. The van der Waals surface area contributed by atoms with Crippen molar-refractivity contribution in [3.05, 3.63) is 74.8 Å². The third kappa shape index (κ3) is 3.79. The molecule has 0 aromatic heterocycles. The molecule has 0 unspecified atom stereocenters. The number of imide groups is 1. The van der Waals surface area contributed by atoms with Crippen LogP contribution in [-0.2, 0) is 16.1 Å². The van der Waals surface area contributed by atoms with Gasteiger partial charge in [0, 0.05) is 11.1 Å². The zero-order valence-corrected chi connectivity index (χ0v) is 17.3. The maximum atomic E-state index is 13.5. The maximum absolute atomic E-state index is 13.5. The number of amides is 3. The van der Waals surface area contributed by atoms with Crippen LogP contribution in [0.2, 0.25) is 5.02 Å². The third-order valence-corrected chi connectivity index (χ3v) is 6.27. The van der Waals surface area contributed by atoms with Crippen LogP contribution in [0.25, 0.3) is 0 Å². The molecule has 0 bridgehead atoms. The van der Waals surface area contributed by atoms with Crippen LogP contribution in [0.4, 0.5) is 5.69 Å². The normalized spacial score (nSPS) is 20.5. The molecule has 1 heterocycles. The third-order valence-electron chi connectivity index (χ3n) is 5.90. The van der Waals surface area contributed by atoms with Crippen LogP contribution in [0.15, 0.2) is 48.5 Å². The first-order chi connectivity index (χ1) is 14.9. The number of para-hydroxylation sites is 1. The number of hydrogen-bond acceptors (Lipinski definition) is 5. The fourth-order valence-electron chi connectivity index (χ4n) is 4.36. The van der Waals surface area contributed by atoms with Crippen molar-refractivity contribution in [2.45, 2.75) is 32.2 Å². The largest absolute Gasteiger partial charge is 0.282 e. The van der Waals surface area contributed by atoms with Crippen molar-refractivity contribution in [3.8, 4) is 0 Å². The monoisotopic (exact) mass is 441 g/mol. The maximum Gasteiger partial charge on any atom is 0.282 e. The summed E-state index contributed by atoms with van der Waals surface area (Å²) in [6.45, 7) is -0.165. The quantitative estimate of drug-likeness (QED) is 0.397. The number of hydrazine groups is 1. The molecule has 2 atom stereocenters. The summed E-state index contributed by atoms with van der Waals surface area (Å²) in [4.78, 5) is 50.7. The molecule has 0 N–H and O–H groups in total. The van der Waals surface area contributed by atoms with E-state index in [1.165, 1.54) is 24.3 Å². The van der Waals surface area contributed by atoms with Gasteiger partial charge in [-0.1, -0.05) is 54.8 Å². The minimum absolute atomic E-state index is 0.165. The Balaban J connectivity index is 1.78. The molecule has 31 heavy (non-hydrogen) atoms. The summed E-state index contributed by atoms with van der Waals surface area (Å²) in [5.74, 6) is -2.60. The van der Waals surface area contributed by atoms with Gasteiger partial charge in [0.2, 0.25) is 0 Å². The first-order valence-corrected chi connectivity index (χ1v) is 10.4. The number of carbonyl (C=O) groups is 3. The van der Waals surface area contributed by atoms with Gasteiger partial charge < -0.3 is 0 Å². The van der Waals surface area contributed by atoms with Gasteiger partial charge in [-0.25, -0.2) is 5.01 Å². The molecule has 8 nitrogen and oxygen atoms in total. The second-order valence-corrected chi connectivity index (χ2v) is 8.12. The molecule has 2 aromatic rings. The fraction of sp³-hybridized carbons (Fsp3) is 0.318. The second-order valence-electron chi connectivity index (χ2n) is 7.71. The minimum Gasteiger partial charge on any atom is -0.272 e. The zero-order chi connectivity index (χ0) is 22.1. The van der Waals surface area contributed by atoms with Gasteiger partial charge >= 0.3 is 0 Å². The molecule has 0 spiro atoms. The first-order valence-electron chi connectivity index (χ1n) is 10.1. The van der Waals surface area contributed by atoms with Gasteiger partial charge in [0.05, 0.1) is 23.3 Å². The number of carbonyl (C=O) groups excluding carboxylic acids is 3. The van der Waals surface area contributed by atoms with Crippen LogP contribution in [0.5, 0.6) is 0 Å². The standard InChI is InChI=1S/C22H20ClN3O5/c23-18-11-5-1-7-14(18)13-24(20(27)17-10-4-6-12-19(17)26(30)31)25-21(28)15-8-2-3-9-16(15)22(25)29/h1,4-7,10-12,15-16H,2-3,8-9,13H2/t15-,16-/m0/s1. The Bertz CT molecular complexity index is 1050. The van der Waals surface area contributed by atoms with Crippen molar-refractivity contribution >= 4 is 35.0 Å². The fourth-order valence-corrected chi connectivity index (χ4v) is 4.55. The molecule has 0 radical (unpaired) electrons. The van der Waals surface area contributed by atoms with Gasteiger partial charge in [-0.2, -0.15) is 5.01 Å². The number of nitro benzene ring substituents is 1. The highest BCUT2D eigenvalue weighted by molar-refractivity contribution is 6.31. The van der Waals surface area contributed by atoms with E-state index in [-0.39, 0.29) is 12.1 Å². The molecule has 2 fully saturated rings. The smallest absolute Gasteiger partial charge is 0.272 e. The molecule has 1 saturated heterocycles. The van der Waals surface area contributed by atoms with Crippen molar-refractivity contribution in [2.75, 3.05) is 0 Å². The lowest BCUT2D eigenvalue weighted by Gasteiger charge is -2.30. The van der Waals surface area contributed by atoms with Crippen LogP contribution in [0, 0.1) is 22.0 Å². The second kappa shape index (κ2) is 8.47. The predicted molar refractivity (Wildman–Crippen MR) is 112 cm³/mol. The average Bonchev–Trinajstić information content (AvgIpc) is 3.03. The molecular formula is C22H20ClN3O5. The molecule has 1 aliphatic heterocycles. The van der Waals surface area contributed by atoms with Crippen LogP contribution in [0.3, 0.4) is 0 Å². The van der Waals surface area contributed by atoms with Crippen molar-refractivity contribution < 1.29 is 19.3 Å². The lowest BCUT2D eigenvalue weighted by Crippen LogP contribution is -2.50. The summed E-state index contributed by atoms with van der Waals surface area (Å²) in [7, 11) is 0. The van der Waals surface area contributed by atoms with Crippen LogP contribution >= 0.6 is 11.6 Å². The summed E-state index contributed by atoms with van der Waals surface area (Å²) in [6, 6.07) is 12.3. The predicted octanol–water partition coefficient (Wildman–Crippen LogP) is 3.98. The van der Waals surface area contributed by atoms with Crippen LogP contribution < -0.4 is 0 Å². The lowest BCUT2D eigenvalue weighted by molar-refractivity contribution is -0.385. The van der Waals surface area contributed by atoms with E-state index in [1.54, 1.807) is 24.3 Å². The van der Waals surface area contributed by atoms with E-state index in [4.69, 9.17) is 11.6 Å². The Labute approximate surface area is 183 Å². The summed E-state index contributed by atoms with van der Waals surface area (Å²) < 4.78 is 0. The molecule has 3 amide bonds. The van der Waals surface area contributed by atoms with E-state index in [0.29, 0.717) is 23.4 Å². The Morgan fingerprint density at radius 3 is 2.23 bits per heavy atom. The molecular weight excluding hydrogens is 422 g/mol. The van der Waals surface area contributed by atoms with Crippen LogP contribution in [-0.4, -0.2) is 32.7 Å². The Kier molecular flexibility index (Phi) is 5.73. The average molecular weight is 442 g/mol. The molecule has 2 aromatic carbocycles. The number of nitro groups is 1. The van der Waals surface area contributed by atoms with Crippen molar-refractivity contribution in [2.24, 2.45) is 11.8 Å². The van der Waals surface area contributed by atoms with Crippen LogP contribution in [0.1, 0.15) is 41.6 Å². The highest BCUT2D eigenvalue weighted by atomic mass is 35.5. The van der Waals surface area contributed by atoms with Gasteiger partial charge in [0.1, 0.15) is 5.56 Å². The number of rotatable bonds is 5. The lowest BCUT2D eigenvalue weighted by atomic mass is 9.81. The van der Waals surface area contributed by atoms with Gasteiger partial charge in [0.25, 0.3) is 23.4 Å². The molecule has 2 aliphatic rings. The SMILES string of the molecule is O=C(c1ccccc1[N+](=O)[O-])N(Cc1ccccc1Cl)N1C(=O)[C@H]2CCCC[C@@H]2C1=O. The number of nitrogens with zero attached hydrogens (tertiary/aromatic N) is 3. The molecule has 1 saturated carbocycles. The van der Waals surface area contributed by atoms with Crippen molar-refractivity contribution in [1.29, 1.82) is 0 Å². The topological polar surface area (TPSA) is 101 Å². The van der Waals surface area contributed by atoms with Crippen molar-refractivity contribution in [3.63, 3.8) is 0 Å². The van der Waals surface area contributed by atoms with Gasteiger partial charge in [-0.05, 0) is 30.5 Å². The Morgan fingerprint density at radius 1 is 1.03 bits per heavy atom. The number of benzene rings is 2. The first kappa shape index (κ1) is 21.0. The summed E-state index contributed by atoms with van der Waals surface area (Å²) in [6.07, 6.45) is 2.87. The van der Waals surface area contributed by atoms with Gasteiger partial charge in [-0.15, -0.1) is 0 Å². The molecule has 9 heteroatoms. The van der Waals surface area contributed by atoms with E-state index in [1.807, 2.05) is 0 Å². The van der Waals surface area contributed by atoms with E-state index in [0.717, 1.165) is 22.9 Å². The van der Waals surface area contributed by atoms with E-state index < -0.39 is 40.2 Å². The van der Waals surface area contributed by atoms with Gasteiger partial charge in [0.15, 0.2) is 0 Å². The molecule has 4 rings (SSSR count). The van der Waals surface area contributed by atoms with Crippen molar-refractivity contribution in [1.82, 2.24) is 10.0 Å². The zero-order valence-electron chi connectivity index (χ0n) is 16.6. The number of fused-ring (bicyclic) bond motifs is 1. The summed E-state index contributed by atoms with van der Waals surface area (Å²) in [5, 5.41) is 13.7. The number of halogens is 1. The van der Waals surface area contributed by atoms with Gasteiger partial charge in [-0.3, -0.25) is 24.5 Å². The summed E-state index contributed by atoms with van der Waals surface area (Å²) >= 11 is 6.27. The molecule has 1 aliphatic carbocycles. The van der Waals surface area contributed by atoms with E-state index >= 15 is 0 Å². The Hall–Kier alpha value is -3.26. The summed E-state index contributed by atoms with van der Waals surface area (Å²) in [5.41, 5.74) is -0.0743. The Morgan fingerprint density at radius 2 is 1.61 bits per heavy atom. The van der Waals surface area contributed by atoms with E-state index in [2.05, 4.69) is 0 Å². The minimum atomic E-state index is -0.799. The van der Waals surface area contributed by atoms with E-state index in [9.17, 15) is 24.5 Å². The number of hydrogen-bond donors (Lipinski definition) is 0. The highest BCUT2D eigenvalue weighted by Crippen LogP contribution is 2.39. The highest BCUT2D eigenvalue weighted by Gasteiger charge is 2.51.